The number of carbonyl (C=O) groups is 2. The lowest BCUT2D eigenvalue weighted by Gasteiger charge is -2.34. The predicted octanol–water partition coefficient (Wildman–Crippen LogP) is 3.09. The van der Waals surface area contributed by atoms with Crippen LogP contribution in [0, 0.1) is 13.8 Å². The van der Waals surface area contributed by atoms with E-state index in [-0.39, 0.29) is 11.7 Å². The SMILES string of the molecule is COc1cccc(C(=O)N2CCN(CC(=O)c3cc(C)n(C4CC4)c3C)CC2)c1. The van der Waals surface area contributed by atoms with E-state index in [1.165, 1.54) is 18.5 Å². The molecule has 0 N–H and O–H groups in total. The second-order valence-electron chi connectivity index (χ2n) is 8.11. The van der Waals surface area contributed by atoms with E-state index in [1.54, 1.807) is 13.2 Å². The van der Waals surface area contributed by atoms with Crippen molar-refractivity contribution in [3.05, 3.63) is 52.8 Å². The normalized spacial score (nSPS) is 17.4. The van der Waals surface area contributed by atoms with E-state index in [1.807, 2.05) is 29.2 Å². The maximum absolute atomic E-state index is 12.9. The van der Waals surface area contributed by atoms with Gasteiger partial charge in [0.2, 0.25) is 0 Å². The van der Waals surface area contributed by atoms with E-state index < -0.39 is 0 Å². The Morgan fingerprint density at radius 1 is 1.07 bits per heavy atom. The lowest BCUT2D eigenvalue weighted by atomic mass is 10.1. The van der Waals surface area contributed by atoms with E-state index >= 15 is 0 Å². The number of piperazine rings is 1. The van der Waals surface area contributed by atoms with Gasteiger partial charge in [-0.3, -0.25) is 14.5 Å². The second-order valence-corrected chi connectivity index (χ2v) is 8.11. The van der Waals surface area contributed by atoms with E-state index in [0.717, 1.165) is 11.3 Å². The van der Waals surface area contributed by atoms with Crippen molar-refractivity contribution in [3.63, 3.8) is 0 Å². The Labute approximate surface area is 172 Å². The zero-order valence-corrected chi connectivity index (χ0v) is 17.5. The van der Waals surface area contributed by atoms with E-state index in [2.05, 4.69) is 23.3 Å². The summed E-state index contributed by atoms with van der Waals surface area (Å²) in [5.74, 6) is 0.879. The van der Waals surface area contributed by atoms with Crippen LogP contribution in [0.25, 0.3) is 0 Å². The van der Waals surface area contributed by atoms with Crippen LogP contribution in [-0.2, 0) is 0 Å². The average molecular weight is 396 g/mol. The smallest absolute Gasteiger partial charge is 0.254 e. The van der Waals surface area contributed by atoms with Crippen molar-refractivity contribution in [3.8, 4) is 5.75 Å². The van der Waals surface area contributed by atoms with Crippen LogP contribution in [0.2, 0.25) is 0 Å². The summed E-state index contributed by atoms with van der Waals surface area (Å²) in [5.41, 5.74) is 3.77. The van der Waals surface area contributed by atoms with E-state index in [0.29, 0.717) is 50.1 Å². The van der Waals surface area contributed by atoms with Gasteiger partial charge in [-0.2, -0.15) is 0 Å². The Kier molecular flexibility index (Phi) is 5.46. The van der Waals surface area contributed by atoms with Crippen molar-refractivity contribution in [1.29, 1.82) is 0 Å². The van der Waals surface area contributed by atoms with Crippen LogP contribution in [0.4, 0.5) is 0 Å². The number of methoxy groups -OCH3 is 1. The number of hydrogen-bond acceptors (Lipinski definition) is 4. The van der Waals surface area contributed by atoms with Gasteiger partial charge in [-0.15, -0.1) is 0 Å². The minimum absolute atomic E-state index is 0.0165. The maximum Gasteiger partial charge on any atom is 0.254 e. The molecule has 1 amide bonds. The Morgan fingerprint density at radius 2 is 1.79 bits per heavy atom. The number of aryl methyl sites for hydroxylation is 1. The largest absolute Gasteiger partial charge is 0.497 e. The molecule has 1 saturated carbocycles. The highest BCUT2D eigenvalue weighted by atomic mass is 16.5. The second kappa shape index (κ2) is 8.03. The molecule has 2 heterocycles. The highest BCUT2D eigenvalue weighted by Crippen LogP contribution is 2.38. The fraction of sp³-hybridized carbons (Fsp3) is 0.478. The summed E-state index contributed by atoms with van der Waals surface area (Å²) in [5, 5.41) is 0. The van der Waals surface area contributed by atoms with Crippen LogP contribution >= 0.6 is 0 Å². The molecule has 1 aliphatic carbocycles. The minimum atomic E-state index is 0.0165. The van der Waals surface area contributed by atoms with Gasteiger partial charge < -0.3 is 14.2 Å². The molecule has 4 rings (SSSR count). The van der Waals surface area contributed by atoms with Crippen LogP contribution in [-0.4, -0.2) is 65.9 Å². The lowest BCUT2D eigenvalue weighted by molar-refractivity contribution is 0.0624. The van der Waals surface area contributed by atoms with Gasteiger partial charge in [-0.25, -0.2) is 0 Å². The Hall–Kier alpha value is -2.60. The fourth-order valence-electron chi connectivity index (χ4n) is 4.29. The van der Waals surface area contributed by atoms with Crippen molar-refractivity contribution in [1.82, 2.24) is 14.4 Å². The van der Waals surface area contributed by atoms with Gasteiger partial charge in [-0.1, -0.05) is 6.07 Å². The number of benzene rings is 1. The summed E-state index contributed by atoms with van der Waals surface area (Å²) in [6, 6.07) is 9.88. The minimum Gasteiger partial charge on any atom is -0.497 e. The molecular weight excluding hydrogens is 366 g/mol. The van der Waals surface area contributed by atoms with Gasteiger partial charge in [0.1, 0.15) is 5.75 Å². The first-order chi connectivity index (χ1) is 14.0. The predicted molar refractivity (Wildman–Crippen MR) is 112 cm³/mol. The first kappa shape index (κ1) is 19.7. The number of nitrogens with zero attached hydrogens (tertiary/aromatic N) is 3. The number of Topliss-reactive ketones (excluding diaryl/α,β-unsaturated/α-hetero) is 1. The molecule has 1 aromatic carbocycles. The Morgan fingerprint density at radius 3 is 2.45 bits per heavy atom. The molecule has 0 atom stereocenters. The monoisotopic (exact) mass is 395 g/mol. The molecule has 29 heavy (non-hydrogen) atoms. The summed E-state index contributed by atoms with van der Waals surface area (Å²) >= 11 is 0. The first-order valence-corrected chi connectivity index (χ1v) is 10.3. The third kappa shape index (κ3) is 4.08. The molecule has 0 spiro atoms. The molecule has 2 fully saturated rings. The fourth-order valence-corrected chi connectivity index (χ4v) is 4.29. The maximum atomic E-state index is 12.9. The summed E-state index contributed by atoms with van der Waals surface area (Å²) in [6.45, 7) is 7.24. The van der Waals surface area contributed by atoms with Crippen molar-refractivity contribution in [2.45, 2.75) is 32.7 Å². The summed E-state index contributed by atoms with van der Waals surface area (Å²) < 4.78 is 7.53. The van der Waals surface area contributed by atoms with Crippen LogP contribution < -0.4 is 4.74 Å². The molecule has 6 nitrogen and oxygen atoms in total. The van der Waals surface area contributed by atoms with Gasteiger partial charge in [0, 0.05) is 54.7 Å². The molecule has 0 bridgehead atoms. The zero-order chi connectivity index (χ0) is 20.5. The molecule has 2 aliphatic rings. The Balaban J connectivity index is 1.34. The molecular formula is C23H29N3O3. The number of ketones is 1. The molecule has 2 aromatic rings. The molecule has 0 unspecified atom stereocenters. The van der Waals surface area contributed by atoms with Crippen molar-refractivity contribution in [2.24, 2.45) is 0 Å². The first-order valence-electron chi connectivity index (χ1n) is 10.3. The average Bonchev–Trinajstić information content (AvgIpc) is 3.52. The van der Waals surface area contributed by atoms with Crippen LogP contribution in [0.1, 0.15) is 51.0 Å². The van der Waals surface area contributed by atoms with Crippen LogP contribution in [0.5, 0.6) is 5.75 Å². The van der Waals surface area contributed by atoms with Crippen molar-refractivity contribution in [2.75, 3.05) is 39.8 Å². The van der Waals surface area contributed by atoms with Gasteiger partial charge in [-0.05, 0) is 51.0 Å². The number of aromatic nitrogens is 1. The van der Waals surface area contributed by atoms with Crippen LogP contribution in [0.3, 0.4) is 0 Å². The van der Waals surface area contributed by atoms with Gasteiger partial charge in [0.25, 0.3) is 5.91 Å². The van der Waals surface area contributed by atoms with Gasteiger partial charge in [0.05, 0.1) is 13.7 Å². The lowest BCUT2D eigenvalue weighted by Crippen LogP contribution is -2.49. The molecule has 0 radical (unpaired) electrons. The summed E-state index contributed by atoms with van der Waals surface area (Å²) in [7, 11) is 1.60. The quantitative estimate of drug-likeness (QED) is 0.706. The Bertz CT molecular complexity index is 921. The van der Waals surface area contributed by atoms with Crippen molar-refractivity contribution < 1.29 is 14.3 Å². The highest BCUT2D eigenvalue weighted by Gasteiger charge is 2.29. The number of ether oxygens (including phenoxy) is 1. The van der Waals surface area contributed by atoms with Crippen LogP contribution in [0.15, 0.2) is 30.3 Å². The molecule has 1 aromatic heterocycles. The van der Waals surface area contributed by atoms with Gasteiger partial charge in [0.15, 0.2) is 5.78 Å². The third-order valence-corrected chi connectivity index (χ3v) is 6.04. The summed E-state index contributed by atoms with van der Waals surface area (Å²) in [4.78, 5) is 29.7. The summed E-state index contributed by atoms with van der Waals surface area (Å²) in [6.07, 6.45) is 2.43. The highest BCUT2D eigenvalue weighted by molar-refractivity contribution is 5.99. The topological polar surface area (TPSA) is 54.8 Å². The number of carbonyl (C=O) groups excluding carboxylic acids is 2. The molecule has 6 heteroatoms. The molecule has 154 valence electrons. The zero-order valence-electron chi connectivity index (χ0n) is 17.5. The molecule has 1 aliphatic heterocycles. The molecule has 1 saturated heterocycles. The third-order valence-electron chi connectivity index (χ3n) is 6.04. The number of rotatable bonds is 6. The standard InChI is InChI=1S/C23H29N3O3/c1-16-13-21(17(2)26(16)19-7-8-19)22(27)15-24-9-11-25(12-10-24)23(28)18-5-4-6-20(14-18)29-3/h4-6,13-14,19H,7-12,15H2,1-3H3. The van der Waals surface area contributed by atoms with E-state index in [9.17, 15) is 9.59 Å². The number of amides is 1. The number of hydrogen-bond donors (Lipinski definition) is 0. The van der Waals surface area contributed by atoms with E-state index in [4.69, 9.17) is 4.74 Å². The van der Waals surface area contributed by atoms with Gasteiger partial charge >= 0.3 is 0 Å². The van der Waals surface area contributed by atoms with Crippen molar-refractivity contribution >= 4 is 11.7 Å².